The zero-order valence-electron chi connectivity index (χ0n) is 13.8. The molecule has 2 fully saturated rings. The summed E-state index contributed by atoms with van der Waals surface area (Å²) < 4.78 is 13.4. The Labute approximate surface area is 141 Å². The van der Waals surface area contributed by atoms with Crippen LogP contribution in [0.25, 0.3) is 0 Å². The molecule has 0 bridgehead atoms. The second-order valence-corrected chi connectivity index (χ2v) is 6.64. The molecule has 3 rings (SSSR count). The van der Waals surface area contributed by atoms with E-state index in [1.54, 1.807) is 11.0 Å². The van der Waals surface area contributed by atoms with E-state index in [0.29, 0.717) is 26.1 Å². The molecule has 1 aliphatic carbocycles. The van der Waals surface area contributed by atoms with Crippen molar-refractivity contribution < 1.29 is 14.0 Å². The maximum Gasteiger partial charge on any atom is 0.317 e. The van der Waals surface area contributed by atoms with Gasteiger partial charge in [-0.2, -0.15) is 0 Å². The summed E-state index contributed by atoms with van der Waals surface area (Å²) in [7, 11) is 0. The Morgan fingerprint density at radius 3 is 2.83 bits per heavy atom. The number of benzene rings is 1. The molecule has 1 saturated heterocycles. The highest BCUT2D eigenvalue weighted by Gasteiger charge is 2.29. The van der Waals surface area contributed by atoms with E-state index in [1.807, 2.05) is 6.07 Å². The summed E-state index contributed by atoms with van der Waals surface area (Å²) in [5.74, 6) is -0.101. The van der Waals surface area contributed by atoms with Crippen LogP contribution in [0.5, 0.6) is 0 Å². The fraction of sp³-hybridized carbons (Fsp3) is 0.556. The van der Waals surface area contributed by atoms with Gasteiger partial charge in [-0.15, -0.1) is 0 Å². The van der Waals surface area contributed by atoms with Crippen LogP contribution >= 0.6 is 0 Å². The third-order valence-electron chi connectivity index (χ3n) is 4.93. The average Bonchev–Trinajstić information content (AvgIpc) is 3.23. The highest BCUT2D eigenvalue weighted by atomic mass is 19.1. The van der Waals surface area contributed by atoms with Gasteiger partial charge >= 0.3 is 6.03 Å². The van der Waals surface area contributed by atoms with Crippen molar-refractivity contribution in [2.45, 2.75) is 38.1 Å². The third-order valence-corrected chi connectivity index (χ3v) is 4.93. The Morgan fingerprint density at radius 1 is 1.38 bits per heavy atom. The van der Waals surface area contributed by atoms with Gasteiger partial charge in [0.25, 0.3) is 0 Å². The van der Waals surface area contributed by atoms with Gasteiger partial charge in [0, 0.05) is 25.6 Å². The largest absolute Gasteiger partial charge is 0.354 e. The van der Waals surface area contributed by atoms with E-state index in [-0.39, 0.29) is 29.7 Å². The number of hydrogen-bond acceptors (Lipinski definition) is 2. The van der Waals surface area contributed by atoms with Crippen molar-refractivity contribution in [1.29, 1.82) is 0 Å². The predicted octanol–water partition coefficient (Wildman–Crippen LogP) is 2.07. The molecule has 1 aliphatic heterocycles. The number of rotatable bonds is 6. The van der Waals surface area contributed by atoms with Crippen molar-refractivity contribution in [3.63, 3.8) is 0 Å². The molecule has 0 unspecified atom stereocenters. The second kappa shape index (κ2) is 7.64. The molecular weight excluding hydrogens is 309 g/mol. The molecule has 1 saturated carbocycles. The van der Waals surface area contributed by atoms with Crippen LogP contribution in [0.4, 0.5) is 9.18 Å². The molecule has 1 atom stereocenters. The lowest BCUT2D eigenvalue weighted by molar-refractivity contribution is -0.125. The molecule has 5 nitrogen and oxygen atoms in total. The minimum Gasteiger partial charge on any atom is -0.354 e. The van der Waals surface area contributed by atoms with Crippen molar-refractivity contribution in [2.24, 2.45) is 5.92 Å². The number of hydrogen-bond donors (Lipinski definition) is 2. The molecule has 0 spiro atoms. The highest BCUT2D eigenvalue weighted by molar-refractivity contribution is 5.79. The highest BCUT2D eigenvalue weighted by Crippen LogP contribution is 2.24. The quantitative estimate of drug-likeness (QED) is 0.837. The summed E-state index contributed by atoms with van der Waals surface area (Å²) in [6.45, 7) is 1.62. The molecule has 3 amide bonds. The molecular formula is C18H24FN3O2. The molecule has 2 N–H and O–H groups in total. The van der Waals surface area contributed by atoms with Gasteiger partial charge in [-0.25, -0.2) is 9.18 Å². The van der Waals surface area contributed by atoms with Crippen LogP contribution in [0.3, 0.4) is 0 Å². The molecule has 0 radical (unpaired) electrons. The first-order valence-electron chi connectivity index (χ1n) is 8.70. The number of urea groups is 1. The van der Waals surface area contributed by atoms with Gasteiger partial charge in [0.1, 0.15) is 5.82 Å². The number of amides is 3. The maximum atomic E-state index is 13.4. The first-order valence-corrected chi connectivity index (χ1v) is 8.70. The summed E-state index contributed by atoms with van der Waals surface area (Å²) in [6, 6.07) is 6.13. The lowest BCUT2D eigenvalue weighted by Crippen LogP contribution is -2.47. The number of carbonyl (C=O) groups excluding carboxylic acids is 2. The van der Waals surface area contributed by atoms with E-state index in [0.717, 1.165) is 31.2 Å². The van der Waals surface area contributed by atoms with Crippen LogP contribution in [0.15, 0.2) is 24.3 Å². The molecule has 1 aromatic carbocycles. The molecule has 1 aromatic rings. The zero-order chi connectivity index (χ0) is 16.9. The van der Waals surface area contributed by atoms with Crippen LogP contribution in [0, 0.1) is 11.7 Å². The predicted molar refractivity (Wildman–Crippen MR) is 89.0 cm³/mol. The van der Waals surface area contributed by atoms with Gasteiger partial charge in [0.2, 0.25) is 5.91 Å². The lowest BCUT2D eigenvalue weighted by Gasteiger charge is -2.27. The molecule has 1 heterocycles. The molecule has 130 valence electrons. The zero-order valence-corrected chi connectivity index (χ0v) is 13.8. The Balaban J connectivity index is 1.65. The Kier molecular flexibility index (Phi) is 5.33. The second-order valence-electron chi connectivity index (χ2n) is 6.64. The fourth-order valence-corrected chi connectivity index (χ4v) is 3.61. The number of carbonyl (C=O) groups is 2. The third kappa shape index (κ3) is 4.04. The van der Waals surface area contributed by atoms with Crippen LogP contribution in [0.2, 0.25) is 0 Å². The van der Waals surface area contributed by atoms with Crippen molar-refractivity contribution in [2.75, 3.05) is 19.6 Å². The first-order chi connectivity index (χ1) is 11.6. The number of nitrogens with zero attached hydrogens (tertiary/aromatic N) is 1. The topological polar surface area (TPSA) is 61.4 Å². The average molecular weight is 333 g/mol. The van der Waals surface area contributed by atoms with Gasteiger partial charge in [-0.1, -0.05) is 25.0 Å². The van der Waals surface area contributed by atoms with Crippen LogP contribution < -0.4 is 10.6 Å². The van der Waals surface area contributed by atoms with Crippen LogP contribution in [-0.4, -0.2) is 42.5 Å². The summed E-state index contributed by atoms with van der Waals surface area (Å²) in [5.41, 5.74) is 0.829. The van der Waals surface area contributed by atoms with Crippen LogP contribution in [0.1, 0.15) is 31.2 Å². The van der Waals surface area contributed by atoms with Gasteiger partial charge in [0.15, 0.2) is 0 Å². The maximum absolute atomic E-state index is 13.4. The van der Waals surface area contributed by atoms with E-state index >= 15 is 0 Å². The summed E-state index contributed by atoms with van der Waals surface area (Å²) >= 11 is 0. The van der Waals surface area contributed by atoms with Crippen molar-refractivity contribution >= 4 is 11.9 Å². The SMILES string of the molecule is O=C(NC[C@H](Cc1cccc(F)c1)N1CCNC1=O)C1CCCC1. The first kappa shape index (κ1) is 16.7. The van der Waals surface area contributed by atoms with E-state index in [2.05, 4.69) is 10.6 Å². The van der Waals surface area contributed by atoms with Gasteiger partial charge in [0.05, 0.1) is 6.04 Å². The van der Waals surface area contributed by atoms with E-state index in [1.165, 1.54) is 12.1 Å². The van der Waals surface area contributed by atoms with Crippen molar-refractivity contribution in [3.8, 4) is 0 Å². The normalized spacial score (nSPS) is 19.4. The van der Waals surface area contributed by atoms with Gasteiger partial charge in [-0.3, -0.25) is 4.79 Å². The minimum absolute atomic E-state index is 0.0800. The molecule has 6 heteroatoms. The summed E-state index contributed by atoms with van der Waals surface area (Å²) in [6.07, 6.45) is 4.64. The Hall–Kier alpha value is -2.11. The minimum atomic E-state index is -0.285. The molecule has 0 aromatic heterocycles. The van der Waals surface area contributed by atoms with E-state index in [9.17, 15) is 14.0 Å². The van der Waals surface area contributed by atoms with E-state index < -0.39 is 0 Å². The van der Waals surface area contributed by atoms with Crippen molar-refractivity contribution in [1.82, 2.24) is 15.5 Å². The fourth-order valence-electron chi connectivity index (χ4n) is 3.61. The van der Waals surface area contributed by atoms with Crippen LogP contribution in [-0.2, 0) is 11.2 Å². The van der Waals surface area contributed by atoms with Gasteiger partial charge in [-0.05, 0) is 37.0 Å². The summed E-state index contributed by atoms with van der Waals surface area (Å²) in [5, 5.41) is 5.79. The standard InChI is InChI=1S/C18H24FN3O2/c19-15-7-3-4-13(10-15)11-16(22-9-8-20-18(22)24)12-21-17(23)14-5-1-2-6-14/h3-4,7,10,14,16H,1-2,5-6,8-9,11-12H2,(H,20,24)(H,21,23)/t16-/m0/s1. The Bertz CT molecular complexity index is 602. The Morgan fingerprint density at radius 2 is 2.17 bits per heavy atom. The smallest absolute Gasteiger partial charge is 0.317 e. The van der Waals surface area contributed by atoms with Crippen molar-refractivity contribution in [3.05, 3.63) is 35.6 Å². The monoisotopic (exact) mass is 333 g/mol. The number of nitrogens with one attached hydrogen (secondary N) is 2. The van der Waals surface area contributed by atoms with E-state index in [4.69, 9.17) is 0 Å². The lowest BCUT2D eigenvalue weighted by atomic mass is 10.0. The van der Waals surface area contributed by atoms with Gasteiger partial charge < -0.3 is 15.5 Å². The number of halogens is 1. The summed E-state index contributed by atoms with van der Waals surface area (Å²) in [4.78, 5) is 26.0. The molecule has 2 aliphatic rings. The molecule has 24 heavy (non-hydrogen) atoms.